The van der Waals surface area contributed by atoms with Gasteiger partial charge in [0, 0.05) is 12.8 Å². The van der Waals surface area contributed by atoms with Gasteiger partial charge in [-0.05, 0) is 36.0 Å². The minimum absolute atomic E-state index is 0.217. The van der Waals surface area contributed by atoms with E-state index in [0.29, 0.717) is 12.8 Å². The molecule has 0 heterocycles. The largest absolute Gasteiger partial charge is 0.281 e. The topological polar surface area (TPSA) is 34.1 Å². The molecule has 0 bridgehead atoms. The monoisotopic (exact) mass is 294 g/mol. The van der Waals surface area contributed by atoms with E-state index < -0.39 is 0 Å². The van der Waals surface area contributed by atoms with E-state index in [2.05, 4.69) is 0 Å². The van der Waals surface area contributed by atoms with E-state index in [1.54, 1.807) is 0 Å². The van der Waals surface area contributed by atoms with Crippen LogP contribution in [-0.2, 0) is 9.59 Å². The number of carbonyl (C=O) groups excluding carboxylic acids is 2. The van der Waals surface area contributed by atoms with Gasteiger partial charge in [-0.1, -0.05) is 51.4 Å². The Hall–Kier alpha value is -0.0800. The van der Waals surface area contributed by atoms with Gasteiger partial charge >= 0.3 is 0 Å². The summed E-state index contributed by atoms with van der Waals surface area (Å²) in [6, 6.07) is 0. The molecule has 0 unspecified atom stereocenters. The van der Waals surface area contributed by atoms with Gasteiger partial charge in [0.25, 0.3) is 0 Å². The molecular weight excluding hydrogens is 271 g/mol. The van der Waals surface area contributed by atoms with E-state index in [-0.39, 0.29) is 10.5 Å². The Morgan fingerprint density at radius 1 is 0.500 bits per heavy atom. The highest BCUT2D eigenvalue weighted by molar-refractivity contribution is 6.63. The van der Waals surface area contributed by atoms with Gasteiger partial charge < -0.3 is 0 Å². The molecule has 0 fully saturated rings. The van der Waals surface area contributed by atoms with Crippen molar-refractivity contribution >= 4 is 33.7 Å². The van der Waals surface area contributed by atoms with Crippen LogP contribution in [0, 0.1) is 0 Å². The summed E-state index contributed by atoms with van der Waals surface area (Å²) in [4.78, 5) is 21.0. The maximum Gasteiger partial charge on any atom is 0.221 e. The molecule has 0 radical (unpaired) electrons. The molecule has 4 heteroatoms. The van der Waals surface area contributed by atoms with Crippen molar-refractivity contribution in [3.05, 3.63) is 0 Å². The summed E-state index contributed by atoms with van der Waals surface area (Å²) in [5.41, 5.74) is 0. The van der Waals surface area contributed by atoms with Crippen molar-refractivity contribution in [3.63, 3.8) is 0 Å². The zero-order chi connectivity index (χ0) is 13.6. The van der Waals surface area contributed by atoms with Crippen LogP contribution >= 0.6 is 23.2 Å². The molecule has 0 aromatic heterocycles. The molecule has 0 aliphatic heterocycles. The third-order valence-electron chi connectivity index (χ3n) is 3.00. The van der Waals surface area contributed by atoms with E-state index >= 15 is 0 Å². The average molecular weight is 295 g/mol. The molecule has 0 rings (SSSR count). The third-order valence-corrected chi connectivity index (χ3v) is 3.37. The number of rotatable bonds is 13. The molecule has 0 aliphatic rings. The summed E-state index contributed by atoms with van der Waals surface area (Å²) in [5, 5.41) is -0.434. The maximum atomic E-state index is 10.5. The number of hydrogen-bond acceptors (Lipinski definition) is 2. The quantitative estimate of drug-likeness (QED) is 0.346. The maximum absolute atomic E-state index is 10.5. The van der Waals surface area contributed by atoms with Crippen molar-refractivity contribution in [2.45, 2.75) is 77.0 Å². The van der Waals surface area contributed by atoms with E-state index in [4.69, 9.17) is 23.2 Å². The molecule has 0 aromatic carbocycles. The molecule has 0 saturated carbocycles. The lowest BCUT2D eigenvalue weighted by atomic mass is 10.1. The lowest BCUT2D eigenvalue weighted by molar-refractivity contribution is -0.112. The van der Waals surface area contributed by atoms with Crippen LogP contribution in [0.4, 0.5) is 0 Å². The van der Waals surface area contributed by atoms with Crippen LogP contribution in [0.15, 0.2) is 0 Å². The highest BCUT2D eigenvalue weighted by Gasteiger charge is 1.97. The van der Waals surface area contributed by atoms with Gasteiger partial charge in [0.05, 0.1) is 0 Å². The Morgan fingerprint density at radius 2 is 0.722 bits per heavy atom. The smallest absolute Gasteiger partial charge is 0.221 e. The molecule has 0 amide bonds. The number of halogens is 2. The highest BCUT2D eigenvalue weighted by Crippen LogP contribution is 2.12. The first-order valence-electron chi connectivity index (χ1n) is 6.99. The molecule has 0 saturated heterocycles. The van der Waals surface area contributed by atoms with Crippen LogP contribution in [0.25, 0.3) is 0 Å². The summed E-state index contributed by atoms with van der Waals surface area (Å²) in [6.45, 7) is 0. The Kier molecular flexibility index (Phi) is 13.3. The summed E-state index contributed by atoms with van der Waals surface area (Å²) in [5.74, 6) is 0. The molecule has 2 nitrogen and oxygen atoms in total. The lowest BCUT2D eigenvalue weighted by Crippen LogP contribution is -1.87. The summed E-state index contributed by atoms with van der Waals surface area (Å²) in [6.07, 6.45) is 12.5. The Labute approximate surface area is 120 Å². The minimum Gasteiger partial charge on any atom is -0.281 e. The molecule has 0 spiro atoms. The normalized spacial score (nSPS) is 10.6. The Balaban J connectivity index is 2.99. The van der Waals surface area contributed by atoms with E-state index in [1.807, 2.05) is 0 Å². The fourth-order valence-electron chi connectivity index (χ4n) is 1.94. The van der Waals surface area contributed by atoms with Crippen LogP contribution in [0.5, 0.6) is 0 Å². The van der Waals surface area contributed by atoms with Crippen molar-refractivity contribution in [1.82, 2.24) is 0 Å². The van der Waals surface area contributed by atoms with Crippen molar-refractivity contribution in [1.29, 1.82) is 0 Å². The number of hydrogen-bond donors (Lipinski definition) is 0. The molecule has 18 heavy (non-hydrogen) atoms. The molecule has 106 valence electrons. The highest BCUT2D eigenvalue weighted by atomic mass is 35.5. The van der Waals surface area contributed by atoms with Gasteiger partial charge in [-0.2, -0.15) is 0 Å². The lowest BCUT2D eigenvalue weighted by Gasteiger charge is -2.01. The third kappa shape index (κ3) is 15.9. The number of unbranched alkanes of at least 4 members (excludes halogenated alkanes) is 9. The molecular formula is C14H24Cl2O2. The Morgan fingerprint density at radius 3 is 0.944 bits per heavy atom. The van der Waals surface area contributed by atoms with Gasteiger partial charge in [-0.15, -0.1) is 0 Å². The fraction of sp³-hybridized carbons (Fsp3) is 0.857. The summed E-state index contributed by atoms with van der Waals surface area (Å²) in [7, 11) is 0. The molecule has 0 aliphatic carbocycles. The fourth-order valence-corrected chi connectivity index (χ4v) is 2.21. The first kappa shape index (κ1) is 17.9. The zero-order valence-electron chi connectivity index (χ0n) is 11.1. The average Bonchev–Trinajstić information content (AvgIpc) is 2.29. The van der Waals surface area contributed by atoms with Crippen molar-refractivity contribution < 1.29 is 9.59 Å². The predicted molar refractivity (Wildman–Crippen MR) is 77.1 cm³/mol. The van der Waals surface area contributed by atoms with Crippen LogP contribution < -0.4 is 0 Å². The van der Waals surface area contributed by atoms with Gasteiger partial charge in [0.1, 0.15) is 0 Å². The van der Waals surface area contributed by atoms with Crippen molar-refractivity contribution in [2.24, 2.45) is 0 Å². The second-order valence-electron chi connectivity index (χ2n) is 4.75. The van der Waals surface area contributed by atoms with Gasteiger partial charge in [0.2, 0.25) is 10.5 Å². The van der Waals surface area contributed by atoms with Crippen LogP contribution in [-0.4, -0.2) is 10.5 Å². The van der Waals surface area contributed by atoms with Gasteiger partial charge in [-0.3, -0.25) is 9.59 Å². The van der Waals surface area contributed by atoms with Crippen LogP contribution in [0.3, 0.4) is 0 Å². The first-order chi connectivity index (χ1) is 8.63. The van der Waals surface area contributed by atoms with E-state index in [0.717, 1.165) is 25.7 Å². The van der Waals surface area contributed by atoms with Crippen molar-refractivity contribution in [2.75, 3.05) is 0 Å². The molecule has 0 aromatic rings. The number of carbonyl (C=O) groups is 2. The van der Waals surface area contributed by atoms with Crippen LogP contribution in [0.1, 0.15) is 77.0 Å². The molecule has 0 N–H and O–H groups in total. The predicted octanol–water partition coefficient (Wildman–Crippen LogP) is 5.20. The SMILES string of the molecule is O=C(Cl)CCCCCCCCCCCCC(=O)Cl. The van der Waals surface area contributed by atoms with E-state index in [9.17, 15) is 9.59 Å². The zero-order valence-corrected chi connectivity index (χ0v) is 12.6. The second kappa shape index (κ2) is 13.4. The van der Waals surface area contributed by atoms with Crippen LogP contribution in [0.2, 0.25) is 0 Å². The molecule has 0 atom stereocenters. The summed E-state index contributed by atoms with van der Waals surface area (Å²) < 4.78 is 0. The Bertz CT molecular complexity index is 206. The summed E-state index contributed by atoms with van der Waals surface area (Å²) >= 11 is 10.5. The van der Waals surface area contributed by atoms with E-state index in [1.165, 1.54) is 38.5 Å². The first-order valence-corrected chi connectivity index (χ1v) is 7.75. The van der Waals surface area contributed by atoms with Crippen molar-refractivity contribution in [3.8, 4) is 0 Å². The minimum atomic E-state index is -0.217. The van der Waals surface area contributed by atoms with Gasteiger partial charge in [-0.25, -0.2) is 0 Å². The van der Waals surface area contributed by atoms with Gasteiger partial charge in [0.15, 0.2) is 0 Å². The second-order valence-corrected chi connectivity index (χ2v) is 5.59. The standard InChI is InChI=1S/C14H24Cl2O2/c15-13(17)11-9-7-5-3-1-2-4-6-8-10-12-14(16)18/h1-12H2.